The molecule has 0 radical (unpaired) electrons. The molecular formula is C10H12N2O6. The Morgan fingerprint density at radius 1 is 1.56 bits per heavy atom. The number of aliphatic hydroxyl groups is 3. The van der Waals surface area contributed by atoms with Crippen LogP contribution in [0.2, 0.25) is 0 Å². The van der Waals surface area contributed by atoms with Crippen LogP contribution in [0.5, 0.6) is 0 Å². The largest absolute Gasteiger partial charge is 0.394 e. The lowest BCUT2D eigenvalue weighted by molar-refractivity contribution is -0.0899. The van der Waals surface area contributed by atoms with Crippen LogP contribution in [0.4, 0.5) is 0 Å². The molecule has 1 aromatic heterocycles. The van der Waals surface area contributed by atoms with E-state index in [0.717, 1.165) is 4.57 Å². The Kier molecular flexibility index (Phi) is 2.26. The number of nitrogens with one attached hydrogen (secondary N) is 1. The molecule has 1 saturated heterocycles. The Hall–Kier alpha value is -1.48. The first-order valence-electron chi connectivity index (χ1n) is 5.49. The lowest BCUT2D eigenvalue weighted by atomic mass is 9.92. The van der Waals surface area contributed by atoms with Crippen molar-refractivity contribution in [2.45, 2.75) is 30.5 Å². The number of hydrogen-bond donors (Lipinski definition) is 4. The Morgan fingerprint density at radius 3 is 2.94 bits per heavy atom. The monoisotopic (exact) mass is 256 g/mol. The molecule has 8 heteroatoms. The molecule has 8 nitrogen and oxygen atoms in total. The van der Waals surface area contributed by atoms with Crippen LogP contribution in [-0.2, 0) is 11.2 Å². The first kappa shape index (κ1) is 11.6. The zero-order valence-corrected chi connectivity index (χ0v) is 9.24. The van der Waals surface area contributed by atoms with Crippen molar-refractivity contribution in [3.05, 3.63) is 32.6 Å². The van der Waals surface area contributed by atoms with Gasteiger partial charge in [-0.3, -0.25) is 14.3 Å². The maximum Gasteiger partial charge on any atom is 0.330 e. The second-order valence-electron chi connectivity index (χ2n) is 4.62. The summed E-state index contributed by atoms with van der Waals surface area (Å²) < 4.78 is 6.39. The van der Waals surface area contributed by atoms with Gasteiger partial charge in [0.2, 0.25) is 0 Å². The summed E-state index contributed by atoms with van der Waals surface area (Å²) >= 11 is 0. The van der Waals surface area contributed by atoms with E-state index < -0.39 is 41.9 Å². The van der Waals surface area contributed by atoms with E-state index in [1.54, 1.807) is 0 Å². The second-order valence-corrected chi connectivity index (χ2v) is 4.62. The zero-order chi connectivity index (χ0) is 13.1. The highest BCUT2D eigenvalue weighted by molar-refractivity contribution is 5.19. The number of nitrogens with zero attached hydrogens (tertiary/aromatic N) is 1. The number of rotatable bonds is 1. The Bertz CT molecular complexity index is 607. The van der Waals surface area contributed by atoms with Gasteiger partial charge in [-0.05, 0) is 0 Å². The maximum absolute atomic E-state index is 11.7. The standard InChI is InChI=1S/C10H12N2O6/c13-3-5-7(15)10(17)2-4-1-6(14)11-9(16)12(4)8(10)18-5/h1,5,7-8,13,15,17H,2-3H2,(H,11,14,16)/t5-,7-,8-,10-/m1/s1. The highest BCUT2D eigenvalue weighted by Gasteiger charge is 2.60. The van der Waals surface area contributed by atoms with Gasteiger partial charge in [-0.1, -0.05) is 0 Å². The number of aromatic nitrogens is 2. The summed E-state index contributed by atoms with van der Waals surface area (Å²) in [5.41, 5.74) is -2.67. The van der Waals surface area contributed by atoms with Crippen LogP contribution >= 0.6 is 0 Å². The topological polar surface area (TPSA) is 125 Å². The lowest BCUT2D eigenvalue weighted by Gasteiger charge is -2.23. The predicted molar refractivity (Wildman–Crippen MR) is 57.0 cm³/mol. The molecule has 18 heavy (non-hydrogen) atoms. The van der Waals surface area contributed by atoms with Crippen molar-refractivity contribution >= 4 is 0 Å². The summed E-state index contributed by atoms with van der Waals surface area (Å²) in [4.78, 5) is 24.9. The number of hydrogen-bond acceptors (Lipinski definition) is 6. The fourth-order valence-electron chi connectivity index (χ4n) is 2.68. The lowest BCUT2D eigenvalue weighted by Crippen LogP contribution is -2.45. The van der Waals surface area contributed by atoms with E-state index >= 15 is 0 Å². The van der Waals surface area contributed by atoms with E-state index in [-0.39, 0.29) is 6.42 Å². The molecule has 1 aromatic rings. The summed E-state index contributed by atoms with van der Waals surface area (Å²) in [6.45, 7) is -0.465. The van der Waals surface area contributed by atoms with Crippen LogP contribution in [-0.4, -0.2) is 49.3 Å². The van der Waals surface area contributed by atoms with Gasteiger partial charge in [0.1, 0.15) is 17.8 Å². The molecule has 2 aliphatic heterocycles. The molecule has 0 aliphatic carbocycles. The second kappa shape index (κ2) is 3.51. The van der Waals surface area contributed by atoms with Crippen LogP contribution in [0.1, 0.15) is 11.9 Å². The van der Waals surface area contributed by atoms with Gasteiger partial charge in [-0.15, -0.1) is 0 Å². The zero-order valence-electron chi connectivity index (χ0n) is 9.24. The van der Waals surface area contributed by atoms with E-state index in [2.05, 4.69) is 4.98 Å². The van der Waals surface area contributed by atoms with Gasteiger partial charge < -0.3 is 20.1 Å². The van der Waals surface area contributed by atoms with Gasteiger partial charge in [-0.2, -0.15) is 0 Å². The molecule has 3 rings (SSSR count). The summed E-state index contributed by atoms with van der Waals surface area (Å²) in [7, 11) is 0. The minimum Gasteiger partial charge on any atom is -0.394 e. The third-order valence-corrected chi connectivity index (χ3v) is 3.53. The van der Waals surface area contributed by atoms with Crippen LogP contribution in [0.15, 0.2) is 15.7 Å². The quantitative estimate of drug-likeness (QED) is 0.426. The summed E-state index contributed by atoms with van der Waals surface area (Å²) in [6, 6.07) is 1.18. The predicted octanol–water partition coefficient (Wildman–Crippen LogP) is -2.93. The average molecular weight is 256 g/mol. The molecule has 0 spiro atoms. The number of fused-ring (bicyclic) bond motifs is 3. The van der Waals surface area contributed by atoms with Crippen LogP contribution in [0.3, 0.4) is 0 Å². The highest BCUT2D eigenvalue weighted by atomic mass is 16.6. The summed E-state index contributed by atoms with van der Waals surface area (Å²) in [5, 5.41) is 29.3. The smallest absolute Gasteiger partial charge is 0.330 e. The number of H-pyrrole nitrogens is 1. The maximum atomic E-state index is 11.7. The van der Waals surface area contributed by atoms with E-state index in [9.17, 15) is 19.8 Å². The van der Waals surface area contributed by atoms with Crippen molar-refractivity contribution in [1.29, 1.82) is 0 Å². The number of aliphatic hydroxyl groups excluding tert-OH is 2. The first-order chi connectivity index (χ1) is 8.47. The van der Waals surface area contributed by atoms with E-state index in [0.29, 0.717) is 5.69 Å². The van der Waals surface area contributed by atoms with Crippen molar-refractivity contribution in [2.75, 3.05) is 6.61 Å². The third kappa shape index (κ3) is 1.28. The molecule has 1 fully saturated rings. The normalized spacial score (nSPS) is 37.6. The fourth-order valence-corrected chi connectivity index (χ4v) is 2.68. The number of ether oxygens (including phenoxy) is 1. The number of aromatic amines is 1. The molecule has 0 unspecified atom stereocenters. The minimum absolute atomic E-state index is 0.0749. The van der Waals surface area contributed by atoms with Gasteiger partial charge in [0.15, 0.2) is 6.23 Å². The Labute approximate surface area is 100 Å². The molecule has 3 heterocycles. The van der Waals surface area contributed by atoms with Crippen molar-refractivity contribution in [3.63, 3.8) is 0 Å². The summed E-state index contributed by atoms with van der Waals surface area (Å²) in [5.74, 6) is 0. The Morgan fingerprint density at radius 2 is 2.28 bits per heavy atom. The van der Waals surface area contributed by atoms with E-state index in [4.69, 9.17) is 9.84 Å². The first-order valence-corrected chi connectivity index (χ1v) is 5.49. The van der Waals surface area contributed by atoms with Gasteiger partial charge in [0, 0.05) is 18.2 Å². The molecule has 98 valence electrons. The van der Waals surface area contributed by atoms with Gasteiger partial charge in [-0.25, -0.2) is 4.79 Å². The van der Waals surface area contributed by atoms with Gasteiger partial charge >= 0.3 is 5.69 Å². The van der Waals surface area contributed by atoms with Crippen molar-refractivity contribution in [1.82, 2.24) is 9.55 Å². The SMILES string of the molecule is O=c1cc2n(c(=O)[nH]1)[C@@H]1O[C@H](CO)[C@@H](O)[C@]1(O)C2. The van der Waals surface area contributed by atoms with Gasteiger partial charge in [0.05, 0.1) is 6.61 Å². The molecule has 4 atom stereocenters. The van der Waals surface area contributed by atoms with Crippen molar-refractivity contribution < 1.29 is 20.1 Å². The minimum atomic E-state index is -1.69. The molecule has 0 bridgehead atoms. The Balaban J connectivity index is 2.15. The van der Waals surface area contributed by atoms with Crippen molar-refractivity contribution in [3.8, 4) is 0 Å². The molecular weight excluding hydrogens is 244 g/mol. The van der Waals surface area contributed by atoms with E-state index in [1.165, 1.54) is 6.07 Å². The molecule has 2 aliphatic rings. The van der Waals surface area contributed by atoms with E-state index in [1.807, 2.05) is 0 Å². The van der Waals surface area contributed by atoms with Crippen LogP contribution < -0.4 is 11.2 Å². The fraction of sp³-hybridized carbons (Fsp3) is 0.600. The highest BCUT2D eigenvalue weighted by Crippen LogP contribution is 2.44. The molecule has 0 aromatic carbocycles. The molecule has 0 amide bonds. The average Bonchev–Trinajstić information content (AvgIpc) is 2.69. The van der Waals surface area contributed by atoms with Crippen LogP contribution in [0.25, 0.3) is 0 Å². The van der Waals surface area contributed by atoms with Crippen molar-refractivity contribution in [2.24, 2.45) is 0 Å². The van der Waals surface area contributed by atoms with Crippen LogP contribution in [0, 0.1) is 0 Å². The molecule has 4 N–H and O–H groups in total. The third-order valence-electron chi connectivity index (χ3n) is 3.53. The molecule has 0 saturated carbocycles. The van der Waals surface area contributed by atoms with Gasteiger partial charge in [0.25, 0.3) is 5.56 Å². The summed E-state index contributed by atoms with van der Waals surface area (Å²) in [6.07, 6.45) is -3.44.